The van der Waals surface area contributed by atoms with Gasteiger partial charge in [-0.25, -0.2) is 0 Å². The van der Waals surface area contributed by atoms with Crippen molar-refractivity contribution in [2.45, 2.75) is 33.7 Å². The van der Waals surface area contributed by atoms with E-state index in [1.165, 1.54) is 17.5 Å². The van der Waals surface area contributed by atoms with Gasteiger partial charge in [0, 0.05) is 23.6 Å². The Morgan fingerprint density at radius 1 is 1.16 bits per heavy atom. The van der Waals surface area contributed by atoms with E-state index in [0.29, 0.717) is 16.5 Å². The van der Waals surface area contributed by atoms with Gasteiger partial charge < -0.3 is 10.0 Å². The number of fused-ring (bicyclic) bond motifs is 1. The summed E-state index contributed by atoms with van der Waals surface area (Å²) in [5.74, 6) is 0. The Morgan fingerprint density at radius 3 is 2.52 bits per heavy atom. The Labute approximate surface area is 189 Å². The number of rotatable bonds is 7. The van der Waals surface area contributed by atoms with E-state index in [1.807, 2.05) is 69.5 Å². The molecule has 0 aliphatic carbocycles. The fourth-order valence-electron chi connectivity index (χ4n) is 3.14. The highest BCUT2D eigenvalue weighted by Gasteiger charge is 2.10. The molecule has 0 saturated heterocycles. The van der Waals surface area contributed by atoms with E-state index in [0.717, 1.165) is 16.9 Å². The van der Waals surface area contributed by atoms with E-state index in [2.05, 4.69) is 40.7 Å². The second-order valence-corrected chi connectivity index (χ2v) is 7.42. The number of benzene rings is 1. The minimum Gasteiger partial charge on any atom is -0.377 e. The maximum atomic E-state index is 13.3. The predicted octanol–water partition coefficient (Wildman–Crippen LogP) is 6.50. The van der Waals surface area contributed by atoms with Crippen LogP contribution in [-0.2, 0) is 0 Å². The standard InChI is InChI=1S/C24H25N3OS.C2H6/c1-5-19(27-29-4)13-21-16(2)11-12-23-22(24(21)28)14-20(15-25-23)26-17(3)18-9-7-6-8-10-18;1-2/h5-15,17,26-27H,1H2,2-4H3;1-2H3/b19-13+;. The van der Waals surface area contributed by atoms with Crippen LogP contribution in [0.4, 0.5) is 5.69 Å². The third kappa shape index (κ3) is 6.22. The van der Waals surface area contributed by atoms with Crippen molar-refractivity contribution in [2.75, 3.05) is 11.6 Å². The lowest BCUT2D eigenvalue weighted by Crippen LogP contribution is -2.09. The summed E-state index contributed by atoms with van der Waals surface area (Å²) in [5.41, 5.74) is 4.93. The predicted molar refractivity (Wildman–Crippen MR) is 137 cm³/mol. The van der Waals surface area contributed by atoms with Crippen LogP contribution in [0.1, 0.15) is 43.5 Å². The van der Waals surface area contributed by atoms with Gasteiger partial charge in [-0.15, -0.1) is 0 Å². The van der Waals surface area contributed by atoms with Crippen molar-refractivity contribution in [3.63, 3.8) is 0 Å². The molecule has 3 aromatic rings. The lowest BCUT2D eigenvalue weighted by molar-refractivity contribution is 0.884. The summed E-state index contributed by atoms with van der Waals surface area (Å²) in [6, 6.07) is 16.0. The monoisotopic (exact) mass is 433 g/mol. The van der Waals surface area contributed by atoms with Crippen LogP contribution >= 0.6 is 11.9 Å². The van der Waals surface area contributed by atoms with Crippen molar-refractivity contribution < 1.29 is 0 Å². The Bertz CT molecular complexity index is 1110. The van der Waals surface area contributed by atoms with Crippen molar-refractivity contribution in [1.29, 1.82) is 0 Å². The molecule has 1 aromatic heterocycles. The minimum absolute atomic E-state index is 0.0479. The molecule has 0 amide bonds. The van der Waals surface area contributed by atoms with Gasteiger partial charge in [0.1, 0.15) is 0 Å². The molecule has 0 saturated carbocycles. The highest BCUT2D eigenvalue weighted by Crippen LogP contribution is 2.21. The molecule has 4 nitrogen and oxygen atoms in total. The van der Waals surface area contributed by atoms with Gasteiger partial charge in [-0.1, -0.05) is 68.8 Å². The van der Waals surface area contributed by atoms with Crippen molar-refractivity contribution in [2.24, 2.45) is 0 Å². The number of aromatic nitrogens is 1. The highest BCUT2D eigenvalue weighted by atomic mass is 32.2. The maximum Gasteiger partial charge on any atom is 0.195 e. The average molecular weight is 434 g/mol. The number of pyridine rings is 1. The van der Waals surface area contributed by atoms with Crippen LogP contribution in [0.2, 0.25) is 0 Å². The van der Waals surface area contributed by atoms with Gasteiger partial charge in [-0.3, -0.25) is 9.78 Å². The van der Waals surface area contributed by atoms with Crippen LogP contribution in [0.15, 0.2) is 77.9 Å². The molecule has 5 heteroatoms. The van der Waals surface area contributed by atoms with Gasteiger partial charge >= 0.3 is 0 Å². The SMILES string of the molecule is C=C/C(=C\c1c(C)ccc2ncc(NC(C)c3ccccc3)cc2c1=O)NSC.CC. The van der Waals surface area contributed by atoms with Crippen molar-refractivity contribution in [1.82, 2.24) is 9.71 Å². The van der Waals surface area contributed by atoms with Crippen molar-refractivity contribution in [3.8, 4) is 0 Å². The van der Waals surface area contributed by atoms with Gasteiger partial charge in [0.25, 0.3) is 0 Å². The van der Waals surface area contributed by atoms with E-state index in [-0.39, 0.29) is 11.5 Å². The maximum absolute atomic E-state index is 13.3. The lowest BCUT2D eigenvalue weighted by atomic mass is 10.1. The number of hydrogen-bond donors (Lipinski definition) is 2. The largest absolute Gasteiger partial charge is 0.377 e. The van der Waals surface area contributed by atoms with E-state index in [9.17, 15) is 4.79 Å². The zero-order chi connectivity index (χ0) is 22.8. The highest BCUT2D eigenvalue weighted by molar-refractivity contribution is 7.96. The summed E-state index contributed by atoms with van der Waals surface area (Å²) in [7, 11) is 0. The molecular formula is C26H31N3OS. The molecule has 2 N–H and O–H groups in total. The minimum atomic E-state index is -0.0479. The molecule has 2 aromatic carbocycles. The number of anilines is 1. The third-order valence-electron chi connectivity index (χ3n) is 4.75. The zero-order valence-corrected chi connectivity index (χ0v) is 19.7. The quantitative estimate of drug-likeness (QED) is 0.329. The van der Waals surface area contributed by atoms with Crippen LogP contribution in [0.5, 0.6) is 0 Å². The zero-order valence-electron chi connectivity index (χ0n) is 18.9. The fourth-order valence-corrected chi connectivity index (χ4v) is 3.52. The van der Waals surface area contributed by atoms with Crippen LogP contribution < -0.4 is 15.5 Å². The number of nitrogens with zero attached hydrogens (tertiary/aromatic N) is 1. The number of hydrogen-bond acceptors (Lipinski definition) is 5. The molecule has 0 radical (unpaired) electrons. The summed E-state index contributed by atoms with van der Waals surface area (Å²) < 4.78 is 3.14. The first-order chi connectivity index (χ1) is 15.0. The van der Waals surface area contributed by atoms with E-state index in [4.69, 9.17) is 0 Å². The lowest BCUT2D eigenvalue weighted by Gasteiger charge is -2.15. The molecule has 0 spiro atoms. The summed E-state index contributed by atoms with van der Waals surface area (Å²) in [6.07, 6.45) is 7.25. The molecule has 1 unspecified atom stereocenters. The molecule has 3 rings (SSSR count). The molecule has 31 heavy (non-hydrogen) atoms. The summed E-state index contributed by atoms with van der Waals surface area (Å²) in [4.78, 5) is 17.9. The van der Waals surface area contributed by atoms with Gasteiger partial charge in [-0.05, 0) is 49.3 Å². The molecular weight excluding hydrogens is 402 g/mol. The molecule has 162 valence electrons. The van der Waals surface area contributed by atoms with E-state index in [1.54, 1.807) is 12.3 Å². The first-order valence-electron chi connectivity index (χ1n) is 10.4. The second-order valence-electron chi connectivity index (χ2n) is 6.80. The van der Waals surface area contributed by atoms with Crippen LogP contribution in [-0.4, -0.2) is 11.2 Å². The number of aryl methyl sites for hydroxylation is 1. The van der Waals surface area contributed by atoms with E-state index >= 15 is 0 Å². The molecule has 0 bridgehead atoms. The van der Waals surface area contributed by atoms with Gasteiger partial charge in [0.05, 0.1) is 22.8 Å². The Hall–Kier alpha value is -3.05. The number of nitrogens with one attached hydrogen (secondary N) is 2. The Balaban J connectivity index is 0.00000166. The second kappa shape index (κ2) is 12.0. The number of allylic oxidation sites excluding steroid dienone is 1. The molecule has 0 aliphatic heterocycles. The fraction of sp³-hybridized carbons (Fsp3) is 0.231. The first kappa shape index (κ1) is 24.2. The molecule has 1 heterocycles. The smallest absolute Gasteiger partial charge is 0.195 e. The van der Waals surface area contributed by atoms with Crippen molar-refractivity contribution in [3.05, 3.63) is 100.0 Å². The molecule has 0 fully saturated rings. The Morgan fingerprint density at radius 2 is 1.87 bits per heavy atom. The van der Waals surface area contributed by atoms with Gasteiger partial charge in [0.15, 0.2) is 5.43 Å². The topological polar surface area (TPSA) is 54.0 Å². The van der Waals surface area contributed by atoms with Crippen LogP contribution in [0.3, 0.4) is 0 Å². The van der Waals surface area contributed by atoms with Gasteiger partial charge in [-0.2, -0.15) is 0 Å². The van der Waals surface area contributed by atoms with Crippen LogP contribution in [0, 0.1) is 6.92 Å². The average Bonchev–Trinajstić information content (AvgIpc) is 2.92. The summed E-state index contributed by atoms with van der Waals surface area (Å²) >= 11 is 1.46. The third-order valence-corrected chi connectivity index (χ3v) is 5.19. The normalized spacial score (nSPS) is 11.8. The van der Waals surface area contributed by atoms with Gasteiger partial charge in [0.2, 0.25) is 0 Å². The summed E-state index contributed by atoms with van der Waals surface area (Å²) in [5, 5.41) is 4.03. The van der Waals surface area contributed by atoms with Crippen molar-refractivity contribution >= 4 is 34.6 Å². The summed E-state index contributed by atoms with van der Waals surface area (Å²) in [6.45, 7) is 11.8. The molecule has 0 aliphatic rings. The Kier molecular flexibility index (Phi) is 9.35. The van der Waals surface area contributed by atoms with E-state index < -0.39 is 0 Å². The molecule has 1 atom stereocenters. The first-order valence-corrected chi connectivity index (χ1v) is 11.6. The van der Waals surface area contributed by atoms with Crippen LogP contribution in [0.25, 0.3) is 17.0 Å².